The average Bonchev–Trinajstić information content (AvgIpc) is 2.81. The summed E-state index contributed by atoms with van der Waals surface area (Å²) < 4.78 is 27.9. The van der Waals surface area contributed by atoms with Gasteiger partial charge >= 0.3 is 0 Å². The van der Waals surface area contributed by atoms with Gasteiger partial charge in [-0.15, -0.1) is 0 Å². The Morgan fingerprint density at radius 2 is 1.71 bits per heavy atom. The molecule has 0 radical (unpaired) electrons. The predicted molar refractivity (Wildman–Crippen MR) is 132 cm³/mol. The van der Waals surface area contributed by atoms with E-state index < -0.39 is 15.6 Å². The summed E-state index contributed by atoms with van der Waals surface area (Å²) in [7, 11) is -1.58. The van der Waals surface area contributed by atoms with Gasteiger partial charge in [-0.05, 0) is 24.2 Å². The highest BCUT2D eigenvalue weighted by Gasteiger charge is 2.22. The number of nitrogens with one attached hydrogen (secondary N) is 1. The standard InChI is InChI=1S/C24H35N5O4S/c1-4-29(5-2)34(32,33)22-9-10-24(31)28(18-22)19-23(30)25-16-20-7-6-8-21(15-20)17-27-13-11-26(3)12-14-27/h6-10,15,18H,4-5,11-14,16-17,19H2,1-3H3,(H,25,30). The van der Waals surface area contributed by atoms with Crippen molar-refractivity contribution in [2.75, 3.05) is 46.3 Å². The quantitative estimate of drug-likeness (QED) is 0.534. The highest BCUT2D eigenvalue weighted by Crippen LogP contribution is 2.14. The van der Waals surface area contributed by atoms with Gasteiger partial charge in [-0.3, -0.25) is 14.5 Å². The van der Waals surface area contributed by atoms with Crippen LogP contribution in [-0.4, -0.2) is 79.3 Å². The van der Waals surface area contributed by atoms with Crippen LogP contribution >= 0.6 is 0 Å². The number of nitrogens with zero attached hydrogens (tertiary/aromatic N) is 4. The molecule has 1 N–H and O–H groups in total. The fourth-order valence-corrected chi connectivity index (χ4v) is 5.49. The van der Waals surface area contributed by atoms with Crippen LogP contribution in [0, 0.1) is 0 Å². The van der Waals surface area contributed by atoms with Gasteiger partial charge in [0.25, 0.3) is 5.56 Å². The second-order valence-electron chi connectivity index (χ2n) is 8.60. The summed E-state index contributed by atoms with van der Waals surface area (Å²) in [6.07, 6.45) is 1.24. The molecule has 0 bridgehead atoms. The largest absolute Gasteiger partial charge is 0.350 e. The van der Waals surface area contributed by atoms with E-state index in [-0.39, 0.29) is 17.3 Å². The van der Waals surface area contributed by atoms with Crippen LogP contribution in [0.3, 0.4) is 0 Å². The van der Waals surface area contributed by atoms with Crippen LogP contribution in [0.15, 0.2) is 52.3 Å². The van der Waals surface area contributed by atoms with Crippen LogP contribution in [-0.2, 0) is 34.5 Å². The Kier molecular flexibility index (Phi) is 9.01. The van der Waals surface area contributed by atoms with Crippen molar-refractivity contribution in [2.24, 2.45) is 0 Å². The number of benzene rings is 1. The van der Waals surface area contributed by atoms with E-state index in [0.717, 1.165) is 42.9 Å². The molecule has 10 heteroatoms. The second kappa shape index (κ2) is 11.7. The highest BCUT2D eigenvalue weighted by atomic mass is 32.2. The summed E-state index contributed by atoms with van der Waals surface area (Å²) in [5.41, 5.74) is 1.75. The van der Waals surface area contributed by atoms with E-state index in [1.165, 1.54) is 28.2 Å². The van der Waals surface area contributed by atoms with Gasteiger partial charge < -0.3 is 14.8 Å². The minimum Gasteiger partial charge on any atom is -0.350 e. The molecule has 1 fully saturated rings. The third kappa shape index (κ3) is 6.75. The summed E-state index contributed by atoms with van der Waals surface area (Å²) in [4.78, 5) is 29.5. The number of likely N-dealkylation sites (N-methyl/N-ethyl adjacent to an activating group) is 1. The van der Waals surface area contributed by atoms with Crippen molar-refractivity contribution >= 4 is 15.9 Å². The summed E-state index contributed by atoms with van der Waals surface area (Å²) >= 11 is 0. The molecule has 1 aliphatic rings. The van der Waals surface area contributed by atoms with Crippen molar-refractivity contribution in [3.63, 3.8) is 0 Å². The Hall–Kier alpha value is -2.53. The first-order chi connectivity index (χ1) is 16.2. The maximum Gasteiger partial charge on any atom is 0.251 e. The molecule has 0 spiro atoms. The average molecular weight is 490 g/mol. The molecule has 0 atom stereocenters. The molecule has 1 aromatic heterocycles. The molecule has 2 aromatic rings. The van der Waals surface area contributed by atoms with E-state index >= 15 is 0 Å². The molecule has 1 aliphatic heterocycles. The summed E-state index contributed by atoms with van der Waals surface area (Å²) in [6, 6.07) is 10.6. The van der Waals surface area contributed by atoms with Crippen LogP contribution in [0.4, 0.5) is 0 Å². The number of amides is 1. The third-order valence-corrected chi connectivity index (χ3v) is 8.13. The van der Waals surface area contributed by atoms with E-state index in [1.54, 1.807) is 13.8 Å². The van der Waals surface area contributed by atoms with Gasteiger partial charge in [0, 0.05) is 64.6 Å². The maximum atomic E-state index is 12.7. The Morgan fingerprint density at radius 1 is 1.03 bits per heavy atom. The lowest BCUT2D eigenvalue weighted by atomic mass is 10.1. The molecule has 2 heterocycles. The Labute approximate surface area is 202 Å². The van der Waals surface area contributed by atoms with Crippen molar-refractivity contribution in [3.8, 4) is 0 Å². The molecule has 3 rings (SSSR count). The van der Waals surface area contributed by atoms with Crippen LogP contribution in [0.25, 0.3) is 0 Å². The van der Waals surface area contributed by atoms with Gasteiger partial charge in [-0.25, -0.2) is 8.42 Å². The van der Waals surface area contributed by atoms with Crippen LogP contribution in [0.1, 0.15) is 25.0 Å². The smallest absolute Gasteiger partial charge is 0.251 e. The van der Waals surface area contributed by atoms with Gasteiger partial charge in [-0.1, -0.05) is 38.1 Å². The molecule has 1 aromatic carbocycles. The molecule has 0 aliphatic carbocycles. The lowest BCUT2D eigenvalue weighted by Crippen LogP contribution is -2.43. The number of hydrogen-bond acceptors (Lipinski definition) is 6. The van der Waals surface area contributed by atoms with E-state index in [9.17, 15) is 18.0 Å². The van der Waals surface area contributed by atoms with Gasteiger partial charge in [0.2, 0.25) is 15.9 Å². The fraction of sp³-hybridized carbons (Fsp3) is 0.500. The van der Waals surface area contributed by atoms with Crippen molar-refractivity contribution in [1.82, 2.24) is 24.0 Å². The minimum atomic E-state index is -3.72. The number of pyridine rings is 1. The SMILES string of the molecule is CCN(CC)S(=O)(=O)c1ccc(=O)n(CC(=O)NCc2cccc(CN3CCN(C)CC3)c2)c1. The number of piperazine rings is 1. The Morgan fingerprint density at radius 3 is 2.38 bits per heavy atom. The minimum absolute atomic E-state index is 0.000192. The van der Waals surface area contributed by atoms with Gasteiger partial charge in [0.15, 0.2) is 0 Å². The first-order valence-corrected chi connectivity index (χ1v) is 13.1. The van der Waals surface area contributed by atoms with Crippen molar-refractivity contribution in [3.05, 3.63) is 64.1 Å². The molecule has 0 saturated carbocycles. The molecule has 34 heavy (non-hydrogen) atoms. The number of carbonyl (C=O) groups is 1. The molecule has 186 valence electrons. The number of hydrogen-bond donors (Lipinski definition) is 1. The summed E-state index contributed by atoms with van der Waals surface area (Å²) in [6.45, 7) is 9.32. The third-order valence-electron chi connectivity index (χ3n) is 6.10. The zero-order valence-corrected chi connectivity index (χ0v) is 21.1. The normalized spacial score (nSPS) is 15.5. The van der Waals surface area contributed by atoms with Gasteiger partial charge in [0.1, 0.15) is 6.54 Å². The fourth-order valence-electron chi connectivity index (χ4n) is 4.01. The summed E-state index contributed by atoms with van der Waals surface area (Å²) in [5, 5.41) is 2.84. The maximum absolute atomic E-state index is 12.7. The van der Waals surface area contributed by atoms with E-state index in [2.05, 4.69) is 34.3 Å². The zero-order chi connectivity index (χ0) is 24.7. The predicted octanol–water partition coefficient (Wildman–Crippen LogP) is 0.943. The number of sulfonamides is 1. The monoisotopic (exact) mass is 489 g/mol. The number of aromatic nitrogens is 1. The molecular formula is C24H35N5O4S. The first kappa shape index (κ1) is 26.1. The molecule has 1 amide bonds. The zero-order valence-electron chi connectivity index (χ0n) is 20.2. The Balaban J connectivity index is 1.61. The molecule has 1 saturated heterocycles. The molecule has 0 unspecified atom stereocenters. The van der Waals surface area contributed by atoms with Gasteiger partial charge in [-0.2, -0.15) is 4.31 Å². The highest BCUT2D eigenvalue weighted by molar-refractivity contribution is 7.89. The van der Waals surface area contributed by atoms with Crippen molar-refractivity contribution in [1.29, 1.82) is 0 Å². The molecular weight excluding hydrogens is 454 g/mol. The molecule has 9 nitrogen and oxygen atoms in total. The Bertz CT molecular complexity index is 1140. The topological polar surface area (TPSA) is 95.0 Å². The van der Waals surface area contributed by atoms with Crippen molar-refractivity contribution in [2.45, 2.75) is 38.4 Å². The lowest BCUT2D eigenvalue weighted by Gasteiger charge is -2.32. The van der Waals surface area contributed by atoms with Crippen LogP contribution in [0.2, 0.25) is 0 Å². The van der Waals surface area contributed by atoms with Crippen molar-refractivity contribution < 1.29 is 13.2 Å². The first-order valence-electron chi connectivity index (χ1n) is 11.7. The van der Waals surface area contributed by atoms with E-state index in [1.807, 2.05) is 12.1 Å². The van der Waals surface area contributed by atoms with Crippen LogP contribution < -0.4 is 10.9 Å². The van der Waals surface area contributed by atoms with Crippen LogP contribution in [0.5, 0.6) is 0 Å². The van der Waals surface area contributed by atoms with E-state index in [4.69, 9.17) is 0 Å². The lowest BCUT2D eigenvalue weighted by molar-refractivity contribution is -0.121. The summed E-state index contributed by atoms with van der Waals surface area (Å²) in [5.74, 6) is -0.357. The second-order valence-corrected chi connectivity index (χ2v) is 10.5. The van der Waals surface area contributed by atoms with E-state index in [0.29, 0.717) is 19.6 Å². The van der Waals surface area contributed by atoms with Gasteiger partial charge in [0.05, 0.1) is 4.90 Å². The number of rotatable bonds is 10. The number of carbonyl (C=O) groups excluding carboxylic acids is 1.